The van der Waals surface area contributed by atoms with Crippen LogP contribution in [0.25, 0.3) is 11.3 Å². The van der Waals surface area contributed by atoms with Gasteiger partial charge in [-0.05, 0) is 24.3 Å². The zero-order valence-electron chi connectivity index (χ0n) is 8.58. The Bertz CT molecular complexity index is 529. The summed E-state index contributed by atoms with van der Waals surface area (Å²) >= 11 is 0. The fraction of sp³-hybridized carbons (Fsp3) is 0.0909. The number of phenolic OH excluding ortho intramolecular Hbond substituents is 1. The second-order valence-corrected chi connectivity index (χ2v) is 3.38. The molecule has 0 saturated heterocycles. The molecule has 0 amide bonds. The summed E-state index contributed by atoms with van der Waals surface area (Å²) in [7, 11) is 1.64. The van der Waals surface area contributed by atoms with Gasteiger partial charge in [0, 0.05) is 12.6 Å². The predicted molar refractivity (Wildman–Crippen MR) is 57.3 cm³/mol. The summed E-state index contributed by atoms with van der Waals surface area (Å²) in [5, 5.41) is 18.0. The van der Waals surface area contributed by atoms with E-state index in [0.717, 1.165) is 5.56 Å². The van der Waals surface area contributed by atoms with Crippen molar-refractivity contribution in [1.29, 1.82) is 0 Å². The third-order valence-corrected chi connectivity index (χ3v) is 2.34. The first-order chi connectivity index (χ1) is 7.59. The Morgan fingerprint density at radius 3 is 2.44 bits per heavy atom. The average molecular weight is 218 g/mol. The first kappa shape index (κ1) is 10.2. The number of aromatic carboxylic acids is 1. The van der Waals surface area contributed by atoms with Crippen LogP contribution in [0.5, 0.6) is 5.75 Å². The summed E-state index contributed by atoms with van der Waals surface area (Å²) in [5.41, 5.74) is 1.50. The minimum absolute atomic E-state index is 0.0110. The lowest BCUT2D eigenvalue weighted by molar-refractivity contribution is 0.0680. The Kier molecular flexibility index (Phi) is 2.36. The van der Waals surface area contributed by atoms with Crippen LogP contribution >= 0.6 is 0 Å². The maximum atomic E-state index is 10.8. The van der Waals surface area contributed by atoms with E-state index in [-0.39, 0.29) is 11.6 Å². The van der Waals surface area contributed by atoms with Crippen molar-refractivity contribution in [3.63, 3.8) is 0 Å². The molecular formula is C11H10N2O3. The van der Waals surface area contributed by atoms with Crippen LogP contribution < -0.4 is 0 Å². The number of imidazole rings is 1. The van der Waals surface area contributed by atoms with Crippen molar-refractivity contribution < 1.29 is 15.0 Å². The van der Waals surface area contributed by atoms with Crippen LogP contribution in [-0.4, -0.2) is 25.7 Å². The van der Waals surface area contributed by atoms with Crippen LogP contribution in [0.4, 0.5) is 0 Å². The summed E-state index contributed by atoms with van der Waals surface area (Å²) in [6, 6.07) is 6.50. The molecule has 1 aromatic heterocycles. The summed E-state index contributed by atoms with van der Waals surface area (Å²) < 4.78 is 1.49. The van der Waals surface area contributed by atoms with E-state index in [4.69, 9.17) is 10.2 Å². The Morgan fingerprint density at radius 1 is 1.31 bits per heavy atom. The lowest BCUT2D eigenvalue weighted by Crippen LogP contribution is -2.06. The normalized spacial score (nSPS) is 10.3. The molecule has 5 nitrogen and oxygen atoms in total. The molecule has 0 saturated carbocycles. The third kappa shape index (κ3) is 1.63. The van der Waals surface area contributed by atoms with Gasteiger partial charge < -0.3 is 14.8 Å². The minimum atomic E-state index is -1.06. The topological polar surface area (TPSA) is 75.3 Å². The van der Waals surface area contributed by atoms with Gasteiger partial charge in [-0.2, -0.15) is 0 Å². The molecule has 16 heavy (non-hydrogen) atoms. The van der Waals surface area contributed by atoms with E-state index in [1.807, 2.05) is 0 Å². The van der Waals surface area contributed by atoms with E-state index in [1.54, 1.807) is 31.3 Å². The molecule has 5 heteroatoms. The van der Waals surface area contributed by atoms with Crippen molar-refractivity contribution in [2.45, 2.75) is 0 Å². The lowest BCUT2D eigenvalue weighted by Gasteiger charge is -2.03. The number of carbonyl (C=O) groups is 1. The zero-order chi connectivity index (χ0) is 11.7. The molecule has 0 aliphatic carbocycles. The van der Waals surface area contributed by atoms with Gasteiger partial charge in [-0.1, -0.05) is 0 Å². The lowest BCUT2D eigenvalue weighted by atomic mass is 10.1. The number of phenols is 1. The van der Waals surface area contributed by atoms with Gasteiger partial charge in [0.15, 0.2) is 0 Å². The van der Waals surface area contributed by atoms with Crippen LogP contribution in [0.15, 0.2) is 30.5 Å². The van der Waals surface area contributed by atoms with Gasteiger partial charge in [0.05, 0.1) is 11.9 Å². The van der Waals surface area contributed by atoms with Gasteiger partial charge in [0.2, 0.25) is 5.82 Å². The van der Waals surface area contributed by atoms with Crippen molar-refractivity contribution in [1.82, 2.24) is 9.55 Å². The van der Waals surface area contributed by atoms with Gasteiger partial charge >= 0.3 is 5.97 Å². The van der Waals surface area contributed by atoms with Gasteiger partial charge in [-0.3, -0.25) is 0 Å². The quantitative estimate of drug-likeness (QED) is 0.800. The zero-order valence-corrected chi connectivity index (χ0v) is 8.58. The molecule has 0 aliphatic heterocycles. The largest absolute Gasteiger partial charge is 0.508 e. The van der Waals surface area contributed by atoms with Crippen LogP contribution in [0.1, 0.15) is 10.6 Å². The molecule has 0 atom stereocenters. The highest BCUT2D eigenvalue weighted by molar-refractivity contribution is 5.84. The molecule has 2 aromatic rings. The fourth-order valence-corrected chi connectivity index (χ4v) is 1.51. The molecule has 0 bridgehead atoms. The Labute approximate surface area is 91.6 Å². The average Bonchev–Trinajstić information content (AvgIpc) is 2.61. The number of rotatable bonds is 2. The maximum absolute atomic E-state index is 10.8. The Balaban J connectivity index is 2.49. The molecule has 2 N–H and O–H groups in total. The van der Waals surface area contributed by atoms with Crippen LogP contribution in [-0.2, 0) is 7.05 Å². The van der Waals surface area contributed by atoms with Crippen molar-refractivity contribution in [2.75, 3.05) is 0 Å². The van der Waals surface area contributed by atoms with Crippen molar-refractivity contribution in [3.8, 4) is 17.0 Å². The molecule has 0 spiro atoms. The molecule has 82 valence electrons. The van der Waals surface area contributed by atoms with Crippen LogP contribution in [0.3, 0.4) is 0 Å². The molecule has 0 aliphatic rings. The number of aromatic hydroxyl groups is 1. The highest BCUT2D eigenvalue weighted by Crippen LogP contribution is 2.22. The van der Waals surface area contributed by atoms with Crippen molar-refractivity contribution in [2.24, 2.45) is 7.05 Å². The van der Waals surface area contributed by atoms with E-state index in [0.29, 0.717) is 5.69 Å². The first-order valence-electron chi connectivity index (χ1n) is 4.64. The summed E-state index contributed by atoms with van der Waals surface area (Å²) in [6.45, 7) is 0. The first-order valence-corrected chi connectivity index (χ1v) is 4.64. The molecule has 0 unspecified atom stereocenters. The van der Waals surface area contributed by atoms with Gasteiger partial charge in [-0.25, -0.2) is 9.78 Å². The minimum Gasteiger partial charge on any atom is -0.508 e. The van der Waals surface area contributed by atoms with E-state index in [9.17, 15) is 4.79 Å². The van der Waals surface area contributed by atoms with E-state index < -0.39 is 5.97 Å². The van der Waals surface area contributed by atoms with Crippen LogP contribution in [0.2, 0.25) is 0 Å². The number of hydrogen-bond donors (Lipinski definition) is 2. The standard InChI is InChI=1S/C11H10N2O3/c1-13-9(6-12-10(13)11(15)16)7-2-4-8(14)5-3-7/h2-6,14H,1H3,(H,15,16). The van der Waals surface area contributed by atoms with Gasteiger partial charge in [0.25, 0.3) is 0 Å². The number of aromatic nitrogens is 2. The SMILES string of the molecule is Cn1c(-c2ccc(O)cc2)cnc1C(=O)O. The van der Waals surface area contributed by atoms with Crippen LogP contribution in [0, 0.1) is 0 Å². The smallest absolute Gasteiger partial charge is 0.372 e. The molecule has 2 rings (SSSR count). The monoisotopic (exact) mass is 218 g/mol. The Morgan fingerprint density at radius 2 is 1.94 bits per heavy atom. The molecule has 0 radical (unpaired) electrons. The molecule has 1 heterocycles. The van der Waals surface area contributed by atoms with Gasteiger partial charge in [-0.15, -0.1) is 0 Å². The number of nitrogens with zero attached hydrogens (tertiary/aromatic N) is 2. The number of carboxylic acids is 1. The summed E-state index contributed by atoms with van der Waals surface area (Å²) in [6.07, 6.45) is 1.50. The molecule has 0 fully saturated rings. The van der Waals surface area contributed by atoms with Gasteiger partial charge in [0.1, 0.15) is 5.75 Å². The van der Waals surface area contributed by atoms with E-state index in [2.05, 4.69) is 4.98 Å². The summed E-state index contributed by atoms with van der Waals surface area (Å²) in [4.78, 5) is 14.6. The fourth-order valence-electron chi connectivity index (χ4n) is 1.51. The molecule has 1 aromatic carbocycles. The third-order valence-electron chi connectivity index (χ3n) is 2.34. The highest BCUT2D eigenvalue weighted by Gasteiger charge is 2.13. The maximum Gasteiger partial charge on any atom is 0.372 e. The second kappa shape index (κ2) is 3.69. The van der Waals surface area contributed by atoms with Crippen molar-refractivity contribution >= 4 is 5.97 Å². The molecular weight excluding hydrogens is 208 g/mol. The summed E-state index contributed by atoms with van der Waals surface area (Å²) in [5.74, 6) is -0.903. The highest BCUT2D eigenvalue weighted by atomic mass is 16.4. The number of benzene rings is 1. The number of carboxylic acid groups (broad SMARTS) is 1. The van der Waals surface area contributed by atoms with E-state index in [1.165, 1.54) is 10.8 Å². The second-order valence-electron chi connectivity index (χ2n) is 3.38. The number of hydrogen-bond acceptors (Lipinski definition) is 3. The van der Waals surface area contributed by atoms with E-state index >= 15 is 0 Å². The predicted octanol–water partition coefficient (Wildman–Crippen LogP) is 1.49. The Hall–Kier alpha value is -2.30. The van der Waals surface area contributed by atoms with Crippen molar-refractivity contribution in [3.05, 3.63) is 36.3 Å².